The van der Waals surface area contributed by atoms with Gasteiger partial charge in [0.1, 0.15) is 5.82 Å². The zero-order chi connectivity index (χ0) is 16.8. The number of anilines is 1. The highest BCUT2D eigenvalue weighted by molar-refractivity contribution is 7.99. The zero-order valence-corrected chi connectivity index (χ0v) is 15.3. The number of thioether (sulfide) groups is 1. The van der Waals surface area contributed by atoms with Gasteiger partial charge in [0.05, 0.1) is 21.5 Å². The molecular formula is C15H18Cl2N4OS. The number of rotatable bonds is 7. The molecule has 1 aromatic carbocycles. The fourth-order valence-electron chi connectivity index (χ4n) is 2.05. The number of carbonyl (C=O) groups is 1. The van der Waals surface area contributed by atoms with E-state index in [2.05, 4.69) is 27.0 Å². The van der Waals surface area contributed by atoms with Crippen LogP contribution in [0.5, 0.6) is 0 Å². The Morgan fingerprint density at radius 1 is 1.30 bits per heavy atom. The second kappa shape index (κ2) is 8.57. The number of aryl methyl sites for hydroxylation is 1. The summed E-state index contributed by atoms with van der Waals surface area (Å²) in [6.07, 6.45) is 1.81. The number of aromatic nitrogens is 3. The van der Waals surface area contributed by atoms with Gasteiger partial charge in [0.2, 0.25) is 5.91 Å². The van der Waals surface area contributed by atoms with Crippen molar-refractivity contribution in [3.05, 3.63) is 34.1 Å². The van der Waals surface area contributed by atoms with Crippen LogP contribution in [0.25, 0.3) is 0 Å². The average molecular weight is 373 g/mol. The quantitative estimate of drug-likeness (QED) is 0.736. The molecule has 1 N–H and O–H groups in total. The molecule has 1 amide bonds. The van der Waals surface area contributed by atoms with Gasteiger partial charge in [0.25, 0.3) is 0 Å². The first-order chi connectivity index (χ1) is 11.1. The minimum Gasteiger partial charge on any atom is -0.324 e. The van der Waals surface area contributed by atoms with Gasteiger partial charge in [0.15, 0.2) is 5.16 Å². The highest BCUT2D eigenvalue weighted by Gasteiger charge is 2.13. The fourth-order valence-corrected chi connectivity index (χ4v) is 3.18. The van der Waals surface area contributed by atoms with Crippen molar-refractivity contribution in [1.82, 2.24) is 14.8 Å². The second-order valence-corrected chi connectivity index (χ2v) is 6.57. The van der Waals surface area contributed by atoms with Crippen LogP contribution in [-0.4, -0.2) is 26.4 Å². The lowest BCUT2D eigenvalue weighted by Gasteiger charge is -2.09. The van der Waals surface area contributed by atoms with E-state index in [1.54, 1.807) is 18.2 Å². The molecule has 0 unspecified atom stereocenters. The molecule has 23 heavy (non-hydrogen) atoms. The molecule has 0 aliphatic heterocycles. The SMILES string of the molecule is CCCn1c(CC)nnc1SCC(=O)Nc1cccc(Cl)c1Cl. The largest absolute Gasteiger partial charge is 0.324 e. The highest BCUT2D eigenvalue weighted by atomic mass is 35.5. The van der Waals surface area contributed by atoms with Crippen LogP contribution in [0, 0.1) is 0 Å². The predicted molar refractivity (Wildman–Crippen MR) is 95.5 cm³/mol. The molecule has 0 spiro atoms. The molecule has 0 fully saturated rings. The first kappa shape index (κ1) is 18.1. The van der Waals surface area contributed by atoms with Crippen molar-refractivity contribution in [2.45, 2.75) is 38.4 Å². The van der Waals surface area contributed by atoms with Crippen LogP contribution in [0.2, 0.25) is 10.0 Å². The van der Waals surface area contributed by atoms with E-state index < -0.39 is 0 Å². The number of carbonyl (C=O) groups excluding carboxylic acids is 1. The predicted octanol–water partition coefficient (Wildman–Crippen LogP) is 4.29. The molecule has 0 saturated heterocycles. The van der Waals surface area contributed by atoms with Crippen LogP contribution < -0.4 is 5.32 Å². The number of hydrogen-bond acceptors (Lipinski definition) is 4. The average Bonchev–Trinajstić information content (AvgIpc) is 2.92. The maximum Gasteiger partial charge on any atom is 0.234 e. The Morgan fingerprint density at radius 2 is 2.09 bits per heavy atom. The Morgan fingerprint density at radius 3 is 2.78 bits per heavy atom. The van der Waals surface area contributed by atoms with Crippen molar-refractivity contribution >= 4 is 46.6 Å². The monoisotopic (exact) mass is 372 g/mol. The van der Waals surface area contributed by atoms with E-state index in [1.807, 2.05) is 6.92 Å². The molecular weight excluding hydrogens is 355 g/mol. The van der Waals surface area contributed by atoms with Crippen molar-refractivity contribution < 1.29 is 4.79 Å². The Balaban J connectivity index is 1.99. The normalized spacial score (nSPS) is 10.8. The van der Waals surface area contributed by atoms with Gasteiger partial charge in [-0.3, -0.25) is 4.79 Å². The Bertz CT molecular complexity index is 690. The van der Waals surface area contributed by atoms with Crippen molar-refractivity contribution in [2.24, 2.45) is 0 Å². The molecule has 2 aromatic rings. The van der Waals surface area contributed by atoms with Crippen molar-refractivity contribution in [3.63, 3.8) is 0 Å². The third kappa shape index (κ3) is 4.62. The molecule has 5 nitrogen and oxygen atoms in total. The van der Waals surface area contributed by atoms with E-state index in [4.69, 9.17) is 23.2 Å². The van der Waals surface area contributed by atoms with Gasteiger partial charge < -0.3 is 9.88 Å². The van der Waals surface area contributed by atoms with Crippen LogP contribution in [0.4, 0.5) is 5.69 Å². The molecule has 0 bridgehead atoms. The Labute approximate surface area is 149 Å². The summed E-state index contributed by atoms with van der Waals surface area (Å²) in [5, 5.41) is 12.6. The van der Waals surface area contributed by atoms with Gasteiger partial charge in [-0.15, -0.1) is 10.2 Å². The smallest absolute Gasteiger partial charge is 0.234 e. The summed E-state index contributed by atoms with van der Waals surface area (Å²) in [6, 6.07) is 5.13. The van der Waals surface area contributed by atoms with Crippen LogP contribution in [-0.2, 0) is 17.8 Å². The van der Waals surface area contributed by atoms with E-state index in [1.165, 1.54) is 11.8 Å². The van der Waals surface area contributed by atoms with Crippen molar-refractivity contribution in [3.8, 4) is 0 Å². The lowest BCUT2D eigenvalue weighted by molar-refractivity contribution is -0.113. The Hall–Kier alpha value is -1.24. The molecule has 8 heteroatoms. The van der Waals surface area contributed by atoms with Gasteiger partial charge >= 0.3 is 0 Å². The molecule has 0 radical (unpaired) electrons. The lowest BCUT2D eigenvalue weighted by Crippen LogP contribution is -2.15. The molecule has 2 rings (SSSR count). The second-order valence-electron chi connectivity index (χ2n) is 4.84. The summed E-state index contributed by atoms with van der Waals surface area (Å²) in [5.74, 6) is 1.00. The zero-order valence-electron chi connectivity index (χ0n) is 13.0. The van der Waals surface area contributed by atoms with Gasteiger partial charge in [-0.2, -0.15) is 0 Å². The number of amides is 1. The van der Waals surface area contributed by atoms with Crippen LogP contribution in [0.3, 0.4) is 0 Å². The first-order valence-corrected chi connectivity index (χ1v) is 9.09. The van der Waals surface area contributed by atoms with Crippen LogP contribution in [0.1, 0.15) is 26.1 Å². The van der Waals surface area contributed by atoms with Gasteiger partial charge in [-0.1, -0.05) is 54.9 Å². The summed E-state index contributed by atoms with van der Waals surface area (Å²) in [4.78, 5) is 12.1. The number of benzene rings is 1. The van der Waals surface area contributed by atoms with Gasteiger partial charge in [0, 0.05) is 13.0 Å². The molecule has 0 atom stereocenters. The summed E-state index contributed by atoms with van der Waals surface area (Å²) >= 11 is 13.4. The van der Waals surface area contributed by atoms with E-state index >= 15 is 0 Å². The molecule has 124 valence electrons. The third-order valence-corrected chi connectivity index (χ3v) is 4.90. The van der Waals surface area contributed by atoms with Crippen LogP contribution >= 0.6 is 35.0 Å². The minimum atomic E-state index is -0.164. The minimum absolute atomic E-state index is 0.164. The third-order valence-electron chi connectivity index (χ3n) is 3.11. The first-order valence-electron chi connectivity index (χ1n) is 7.35. The summed E-state index contributed by atoms with van der Waals surface area (Å²) in [5.41, 5.74) is 0.508. The molecule has 1 heterocycles. The fraction of sp³-hybridized carbons (Fsp3) is 0.400. The topological polar surface area (TPSA) is 59.8 Å². The van der Waals surface area contributed by atoms with E-state index in [9.17, 15) is 4.79 Å². The standard InChI is InChI=1S/C15H18Cl2N4OS/c1-3-8-21-12(4-2)19-20-15(21)23-9-13(22)18-11-7-5-6-10(16)14(11)17/h5-7H,3-4,8-9H2,1-2H3,(H,18,22). The van der Waals surface area contributed by atoms with Crippen molar-refractivity contribution in [2.75, 3.05) is 11.1 Å². The molecule has 0 aliphatic rings. The number of hydrogen-bond donors (Lipinski definition) is 1. The number of nitrogens with one attached hydrogen (secondary N) is 1. The Kier molecular flexibility index (Phi) is 6.74. The van der Waals surface area contributed by atoms with E-state index in [0.29, 0.717) is 15.7 Å². The number of halogens is 2. The van der Waals surface area contributed by atoms with Gasteiger partial charge in [-0.25, -0.2) is 0 Å². The maximum absolute atomic E-state index is 12.1. The van der Waals surface area contributed by atoms with Gasteiger partial charge in [-0.05, 0) is 18.6 Å². The summed E-state index contributed by atoms with van der Waals surface area (Å²) in [7, 11) is 0. The van der Waals surface area contributed by atoms with E-state index in [-0.39, 0.29) is 11.7 Å². The highest BCUT2D eigenvalue weighted by Crippen LogP contribution is 2.29. The summed E-state index contributed by atoms with van der Waals surface area (Å²) < 4.78 is 2.06. The molecule has 0 aliphatic carbocycles. The number of nitrogens with zero attached hydrogens (tertiary/aromatic N) is 3. The maximum atomic E-state index is 12.1. The van der Waals surface area contributed by atoms with Crippen molar-refractivity contribution in [1.29, 1.82) is 0 Å². The molecule has 0 saturated carbocycles. The van der Waals surface area contributed by atoms with E-state index in [0.717, 1.165) is 30.4 Å². The summed E-state index contributed by atoms with van der Waals surface area (Å²) in [6.45, 7) is 4.99. The van der Waals surface area contributed by atoms with Crippen LogP contribution in [0.15, 0.2) is 23.4 Å². The lowest BCUT2D eigenvalue weighted by atomic mass is 10.3. The molecule has 1 aromatic heterocycles.